The summed E-state index contributed by atoms with van der Waals surface area (Å²) >= 11 is 0. The smallest absolute Gasteiger partial charge is 0.717 e. The van der Waals surface area contributed by atoms with Crippen LogP contribution in [0, 0.1) is 0 Å². The Morgan fingerprint density at radius 3 is 1.75 bits per heavy atom. The first kappa shape index (κ1) is 8.84. The molecule has 18 valence electrons. The van der Waals surface area contributed by atoms with Crippen LogP contribution in [-0.2, 0) is 4.46 Å². The third-order valence-corrected chi connectivity index (χ3v) is 0. The van der Waals surface area contributed by atoms with Crippen LogP contribution in [0.25, 0.3) is 0 Å². The van der Waals surface area contributed by atoms with Gasteiger partial charge in [0.15, 0.2) is 0 Å². The van der Waals surface area contributed by atoms with Crippen LogP contribution >= 0.6 is 0 Å². The zero-order chi connectivity index (χ0) is 2.71. The Hall–Kier alpha value is 0.817. The average Bonchev–Trinajstić information content (AvgIpc) is 0.918. The molecule has 0 rings (SSSR count). The maximum absolute atomic E-state index is 8.51. The summed E-state index contributed by atoms with van der Waals surface area (Å²) in [6.07, 6.45) is 0. The SMILES string of the molecule is O=[Si-]O.[Na+]. The summed E-state index contributed by atoms with van der Waals surface area (Å²) < 4.78 is 8.51. The van der Waals surface area contributed by atoms with Gasteiger partial charge in [-0.1, -0.05) is 0 Å². The summed E-state index contributed by atoms with van der Waals surface area (Å²) in [5.41, 5.74) is 0. The minimum absolute atomic E-state index is 0. The van der Waals surface area contributed by atoms with Crippen molar-refractivity contribution >= 4 is 9.65 Å². The van der Waals surface area contributed by atoms with E-state index in [0.29, 0.717) is 0 Å². The van der Waals surface area contributed by atoms with E-state index in [-0.39, 0.29) is 29.6 Å². The van der Waals surface area contributed by atoms with E-state index < -0.39 is 9.65 Å². The van der Waals surface area contributed by atoms with E-state index in [1.165, 1.54) is 0 Å². The van der Waals surface area contributed by atoms with Crippen LogP contribution in [0.3, 0.4) is 0 Å². The van der Waals surface area contributed by atoms with Gasteiger partial charge in [-0.2, -0.15) is 0 Å². The van der Waals surface area contributed by atoms with Gasteiger partial charge in [-0.15, -0.1) is 0 Å². The van der Waals surface area contributed by atoms with Crippen molar-refractivity contribution in [3.8, 4) is 0 Å². The minimum atomic E-state index is -1.17. The molecular formula is HNaO2Si. The second kappa shape index (κ2) is 9.17. The molecule has 0 heterocycles. The van der Waals surface area contributed by atoms with Gasteiger partial charge >= 0.3 is 29.6 Å². The summed E-state index contributed by atoms with van der Waals surface area (Å²) in [5.74, 6) is 0. The Morgan fingerprint density at radius 2 is 1.75 bits per heavy atom. The third kappa shape index (κ3) is 13.9. The molecule has 0 saturated heterocycles. The van der Waals surface area contributed by atoms with Crippen molar-refractivity contribution in [2.45, 2.75) is 0 Å². The van der Waals surface area contributed by atoms with Crippen molar-refractivity contribution < 1.29 is 38.8 Å². The Morgan fingerprint density at radius 1 is 1.75 bits per heavy atom. The molecule has 0 fully saturated rings. The zero-order valence-corrected chi connectivity index (χ0v) is 5.36. The second-order valence-corrected chi connectivity index (χ2v) is 0.274. The van der Waals surface area contributed by atoms with Crippen molar-refractivity contribution in [3.63, 3.8) is 0 Å². The van der Waals surface area contributed by atoms with Gasteiger partial charge in [0.2, 0.25) is 0 Å². The van der Waals surface area contributed by atoms with Crippen molar-refractivity contribution in [2.24, 2.45) is 0 Å². The van der Waals surface area contributed by atoms with Crippen molar-refractivity contribution in [1.82, 2.24) is 0 Å². The van der Waals surface area contributed by atoms with E-state index in [1.54, 1.807) is 0 Å². The molecule has 0 aliphatic heterocycles. The average molecular weight is 84.1 g/mol. The van der Waals surface area contributed by atoms with Gasteiger partial charge < -0.3 is 9.26 Å². The molecule has 4 heavy (non-hydrogen) atoms. The third-order valence-electron chi connectivity index (χ3n) is 0. The zero-order valence-electron chi connectivity index (χ0n) is 2.36. The molecule has 0 atom stereocenters. The summed E-state index contributed by atoms with van der Waals surface area (Å²) in [6.45, 7) is 0. The largest absolute Gasteiger partial charge is 1.00 e. The topological polar surface area (TPSA) is 37.3 Å². The van der Waals surface area contributed by atoms with E-state index in [9.17, 15) is 0 Å². The molecule has 0 aromatic heterocycles. The number of hydrogen-bond donors (Lipinski definition) is 1. The van der Waals surface area contributed by atoms with Gasteiger partial charge in [-0.3, -0.25) is 0 Å². The molecule has 0 amide bonds. The van der Waals surface area contributed by atoms with Crippen LogP contribution in [0.2, 0.25) is 0 Å². The van der Waals surface area contributed by atoms with Gasteiger partial charge in [-0.05, 0) is 0 Å². The Balaban J connectivity index is 0. The molecule has 4 heteroatoms. The van der Waals surface area contributed by atoms with Crippen molar-refractivity contribution in [1.29, 1.82) is 0 Å². The predicted molar refractivity (Wildman–Crippen MR) is 8.66 cm³/mol. The van der Waals surface area contributed by atoms with Crippen LogP contribution in [0.4, 0.5) is 0 Å². The van der Waals surface area contributed by atoms with E-state index in [0.717, 1.165) is 0 Å². The molecule has 0 bridgehead atoms. The quantitative estimate of drug-likeness (QED) is 0.303. The van der Waals surface area contributed by atoms with Crippen LogP contribution in [0.1, 0.15) is 0 Å². The molecule has 0 aliphatic rings. The first-order chi connectivity index (χ1) is 1.41. The molecular weight excluding hydrogens is 83.1 g/mol. The molecule has 0 saturated carbocycles. The van der Waals surface area contributed by atoms with E-state index >= 15 is 0 Å². The summed E-state index contributed by atoms with van der Waals surface area (Å²) in [5, 5.41) is 0. The fourth-order valence-electron chi connectivity index (χ4n) is 0. The monoisotopic (exact) mass is 84.0 g/mol. The molecule has 0 aromatic rings. The Kier molecular flexibility index (Phi) is 20.3. The number of rotatable bonds is 0. The fourth-order valence-corrected chi connectivity index (χ4v) is 0. The molecule has 0 spiro atoms. The van der Waals surface area contributed by atoms with Gasteiger partial charge in [0, 0.05) is 0 Å². The number of hydrogen-bond acceptors (Lipinski definition) is 1. The predicted octanol–water partition coefficient (Wildman–Crippen LogP) is -4.05. The summed E-state index contributed by atoms with van der Waals surface area (Å²) in [6, 6.07) is 0. The van der Waals surface area contributed by atoms with Crippen molar-refractivity contribution in [3.05, 3.63) is 0 Å². The summed E-state index contributed by atoms with van der Waals surface area (Å²) in [7, 11) is -1.17. The molecule has 0 aliphatic carbocycles. The normalized spacial score (nSPS) is 3.00. The van der Waals surface area contributed by atoms with Gasteiger partial charge in [0.05, 0.1) is 9.65 Å². The first-order valence-corrected chi connectivity index (χ1v) is 1.28. The molecule has 2 nitrogen and oxygen atoms in total. The van der Waals surface area contributed by atoms with Crippen LogP contribution in [0.15, 0.2) is 0 Å². The maximum atomic E-state index is 8.51. The van der Waals surface area contributed by atoms with Crippen molar-refractivity contribution in [2.75, 3.05) is 0 Å². The van der Waals surface area contributed by atoms with Gasteiger partial charge in [-0.25, -0.2) is 0 Å². The van der Waals surface area contributed by atoms with E-state index in [1.807, 2.05) is 0 Å². The standard InChI is InChI=1S/Na.HO2Si/c;1-3-2/h;1H/q+1;-1. The first-order valence-electron chi connectivity index (χ1n) is 0.428. The van der Waals surface area contributed by atoms with Gasteiger partial charge in [0.25, 0.3) is 0 Å². The second-order valence-electron chi connectivity index (χ2n) is 0.0913. The molecule has 0 aromatic carbocycles. The maximum Gasteiger partial charge on any atom is 1.00 e. The van der Waals surface area contributed by atoms with Crippen LogP contribution in [0.5, 0.6) is 0 Å². The Bertz CT molecular complexity index is 13.5. The van der Waals surface area contributed by atoms with E-state index in [2.05, 4.69) is 0 Å². The van der Waals surface area contributed by atoms with Crippen LogP contribution < -0.4 is 29.6 Å². The fraction of sp³-hybridized carbons (Fsp3) is 0. The molecule has 0 radical (unpaired) electrons. The molecule has 0 unspecified atom stereocenters. The summed E-state index contributed by atoms with van der Waals surface area (Å²) in [4.78, 5) is 7.04. The van der Waals surface area contributed by atoms with E-state index in [4.69, 9.17) is 9.26 Å². The molecule has 1 N–H and O–H groups in total. The minimum Gasteiger partial charge on any atom is -0.717 e. The Labute approximate surface area is 48.5 Å². The van der Waals surface area contributed by atoms with Gasteiger partial charge in [0.1, 0.15) is 0 Å². The van der Waals surface area contributed by atoms with Crippen LogP contribution in [-0.4, -0.2) is 14.4 Å².